The molecule has 0 fully saturated rings. The summed E-state index contributed by atoms with van der Waals surface area (Å²) in [7, 11) is 1.69. The van der Waals surface area contributed by atoms with Crippen molar-refractivity contribution in [3.05, 3.63) is 58.7 Å². The van der Waals surface area contributed by atoms with Crippen LogP contribution in [0.15, 0.2) is 58.9 Å². The second-order valence-corrected chi connectivity index (χ2v) is 6.88. The number of anilines is 1. The zero-order chi connectivity index (χ0) is 18.6. The fraction of sp³-hybridized carbons (Fsp3) is 0.200. The number of nitrogens with zero attached hydrogens (tertiary/aromatic N) is 2. The molecule has 3 aromatic rings. The molecule has 2 heterocycles. The third-order valence-electron chi connectivity index (χ3n) is 4.21. The van der Waals surface area contributed by atoms with E-state index in [0.29, 0.717) is 24.6 Å². The molecule has 2 aromatic carbocycles. The highest BCUT2D eigenvalue weighted by Crippen LogP contribution is 2.33. The van der Waals surface area contributed by atoms with E-state index in [4.69, 9.17) is 14.5 Å². The van der Waals surface area contributed by atoms with Crippen molar-refractivity contribution < 1.29 is 14.3 Å². The van der Waals surface area contributed by atoms with Crippen molar-refractivity contribution in [1.82, 2.24) is 4.57 Å². The molecule has 27 heavy (non-hydrogen) atoms. The Morgan fingerprint density at radius 3 is 2.93 bits per heavy atom. The number of hydrogen-bond donors (Lipinski definition) is 1. The number of ether oxygens (including phenoxy) is 2. The van der Waals surface area contributed by atoms with E-state index in [-0.39, 0.29) is 12.5 Å². The Morgan fingerprint density at radius 1 is 1.26 bits per heavy atom. The van der Waals surface area contributed by atoms with Crippen molar-refractivity contribution in [2.75, 3.05) is 25.6 Å². The summed E-state index contributed by atoms with van der Waals surface area (Å²) < 4.78 is 12.9. The predicted molar refractivity (Wildman–Crippen MR) is 105 cm³/mol. The van der Waals surface area contributed by atoms with Crippen LogP contribution in [0.2, 0.25) is 0 Å². The average molecular weight is 381 g/mol. The molecule has 1 aromatic heterocycles. The summed E-state index contributed by atoms with van der Waals surface area (Å²) in [4.78, 5) is 17.3. The van der Waals surface area contributed by atoms with Gasteiger partial charge in [-0.25, -0.2) is 4.99 Å². The van der Waals surface area contributed by atoms with Gasteiger partial charge in [0, 0.05) is 24.6 Å². The van der Waals surface area contributed by atoms with Gasteiger partial charge < -0.3 is 19.4 Å². The van der Waals surface area contributed by atoms with Crippen LogP contribution < -0.4 is 14.9 Å². The smallest absolute Gasteiger partial charge is 0.262 e. The quantitative estimate of drug-likeness (QED) is 0.736. The van der Waals surface area contributed by atoms with Gasteiger partial charge in [0.1, 0.15) is 5.75 Å². The molecular weight excluding hydrogens is 362 g/mol. The van der Waals surface area contributed by atoms with Crippen LogP contribution in [0.3, 0.4) is 0 Å². The van der Waals surface area contributed by atoms with Crippen LogP contribution in [0.5, 0.6) is 5.75 Å². The largest absolute Gasteiger partial charge is 0.482 e. The Morgan fingerprint density at radius 2 is 2.11 bits per heavy atom. The van der Waals surface area contributed by atoms with E-state index in [2.05, 4.69) is 15.3 Å². The minimum absolute atomic E-state index is 0.0543. The summed E-state index contributed by atoms with van der Waals surface area (Å²) in [5.74, 6) is 0.545. The second kappa shape index (κ2) is 7.77. The molecule has 0 saturated heterocycles. The van der Waals surface area contributed by atoms with Crippen LogP contribution >= 0.6 is 11.3 Å². The van der Waals surface area contributed by atoms with E-state index >= 15 is 0 Å². The molecule has 0 radical (unpaired) electrons. The Bertz CT molecular complexity index is 1020. The molecule has 0 atom stereocenters. The molecular formula is C20H19N3O3S. The molecule has 138 valence electrons. The lowest BCUT2D eigenvalue weighted by Crippen LogP contribution is -2.25. The van der Waals surface area contributed by atoms with E-state index < -0.39 is 0 Å². The van der Waals surface area contributed by atoms with Gasteiger partial charge in [0.05, 0.1) is 23.7 Å². The number of aromatic nitrogens is 1. The van der Waals surface area contributed by atoms with Crippen LogP contribution in [0.4, 0.5) is 11.4 Å². The summed E-state index contributed by atoms with van der Waals surface area (Å²) in [5, 5.41) is 4.94. The summed E-state index contributed by atoms with van der Waals surface area (Å²) >= 11 is 1.58. The van der Waals surface area contributed by atoms with Crippen molar-refractivity contribution in [1.29, 1.82) is 0 Å². The first kappa shape index (κ1) is 17.5. The highest BCUT2D eigenvalue weighted by Gasteiger charge is 2.17. The zero-order valence-electron chi connectivity index (χ0n) is 14.8. The van der Waals surface area contributed by atoms with Crippen LogP contribution in [0, 0.1) is 0 Å². The Kier molecular flexibility index (Phi) is 5.04. The maximum atomic E-state index is 11.6. The number of fused-ring (bicyclic) bond motifs is 1. The van der Waals surface area contributed by atoms with Crippen LogP contribution in [0.25, 0.3) is 11.3 Å². The number of carbonyl (C=O) groups is 1. The lowest BCUT2D eigenvalue weighted by molar-refractivity contribution is -0.118. The van der Waals surface area contributed by atoms with Crippen molar-refractivity contribution in [3.63, 3.8) is 0 Å². The van der Waals surface area contributed by atoms with Gasteiger partial charge in [-0.3, -0.25) is 4.79 Å². The van der Waals surface area contributed by atoms with Crippen molar-refractivity contribution in [3.8, 4) is 17.0 Å². The van der Waals surface area contributed by atoms with Gasteiger partial charge in [0.25, 0.3) is 5.91 Å². The molecule has 0 unspecified atom stereocenters. The number of carbonyl (C=O) groups excluding carboxylic acids is 1. The van der Waals surface area contributed by atoms with Crippen molar-refractivity contribution in [2.24, 2.45) is 4.99 Å². The molecule has 0 aliphatic carbocycles. The highest BCUT2D eigenvalue weighted by molar-refractivity contribution is 7.07. The first-order valence-electron chi connectivity index (χ1n) is 8.59. The molecule has 7 heteroatoms. The summed E-state index contributed by atoms with van der Waals surface area (Å²) in [6.07, 6.45) is 0. The monoisotopic (exact) mass is 381 g/mol. The van der Waals surface area contributed by atoms with Gasteiger partial charge in [-0.15, -0.1) is 11.3 Å². The van der Waals surface area contributed by atoms with Crippen molar-refractivity contribution >= 4 is 28.6 Å². The Labute approximate surface area is 160 Å². The standard InChI is InChI=1S/C20H19N3O3S/c1-25-10-9-23-17(13-27-20(23)21-15-5-3-2-4-6-15)14-7-8-18-16(11-14)22-19(24)12-26-18/h2-8,11,13H,9-10,12H2,1H3,(H,22,24). The van der Waals surface area contributed by atoms with E-state index in [0.717, 1.165) is 21.7 Å². The van der Waals surface area contributed by atoms with Gasteiger partial charge in [0.2, 0.25) is 0 Å². The molecule has 6 nitrogen and oxygen atoms in total. The molecule has 1 amide bonds. The van der Waals surface area contributed by atoms with Gasteiger partial charge in [-0.1, -0.05) is 18.2 Å². The number of para-hydroxylation sites is 1. The maximum absolute atomic E-state index is 11.6. The number of methoxy groups -OCH3 is 1. The van der Waals surface area contributed by atoms with E-state index in [1.165, 1.54) is 0 Å². The van der Waals surface area contributed by atoms with E-state index in [1.54, 1.807) is 18.4 Å². The fourth-order valence-electron chi connectivity index (χ4n) is 2.90. The molecule has 1 aliphatic rings. The predicted octanol–water partition coefficient (Wildman–Crippen LogP) is 3.43. The normalized spacial score (nSPS) is 13.8. The van der Waals surface area contributed by atoms with Crippen LogP contribution in [-0.4, -0.2) is 30.8 Å². The SMILES string of the molecule is COCCn1c(-c2ccc3c(c2)NC(=O)CO3)csc1=Nc1ccccc1. The van der Waals surface area contributed by atoms with Crippen molar-refractivity contribution in [2.45, 2.75) is 6.54 Å². The molecule has 1 aliphatic heterocycles. The number of nitrogens with one attached hydrogen (secondary N) is 1. The number of thiazole rings is 1. The first-order chi connectivity index (χ1) is 13.2. The second-order valence-electron chi connectivity index (χ2n) is 6.04. The molecule has 1 N–H and O–H groups in total. The Hall–Kier alpha value is -2.90. The van der Waals surface area contributed by atoms with E-state index in [9.17, 15) is 4.79 Å². The number of benzene rings is 2. The molecule has 0 saturated carbocycles. The van der Waals surface area contributed by atoms with Gasteiger partial charge >= 0.3 is 0 Å². The third-order valence-corrected chi connectivity index (χ3v) is 5.07. The number of hydrogen-bond acceptors (Lipinski definition) is 5. The third kappa shape index (κ3) is 3.79. The minimum Gasteiger partial charge on any atom is -0.482 e. The molecule has 4 rings (SSSR count). The summed E-state index contributed by atoms with van der Waals surface area (Å²) in [5.41, 5.74) is 3.61. The fourth-order valence-corrected chi connectivity index (χ4v) is 3.86. The Balaban J connectivity index is 1.78. The first-order valence-corrected chi connectivity index (χ1v) is 9.46. The lowest BCUT2D eigenvalue weighted by Gasteiger charge is -2.19. The average Bonchev–Trinajstić information content (AvgIpc) is 3.09. The summed E-state index contributed by atoms with van der Waals surface area (Å²) in [6, 6.07) is 15.7. The van der Waals surface area contributed by atoms with Gasteiger partial charge in [-0.2, -0.15) is 0 Å². The molecule has 0 bridgehead atoms. The number of rotatable bonds is 5. The number of amides is 1. The highest BCUT2D eigenvalue weighted by atomic mass is 32.1. The zero-order valence-corrected chi connectivity index (χ0v) is 15.7. The van der Waals surface area contributed by atoms with Gasteiger partial charge in [0.15, 0.2) is 11.4 Å². The van der Waals surface area contributed by atoms with Crippen LogP contribution in [-0.2, 0) is 16.1 Å². The topological polar surface area (TPSA) is 64.8 Å². The molecule has 0 spiro atoms. The minimum atomic E-state index is -0.142. The summed E-state index contributed by atoms with van der Waals surface area (Å²) in [6.45, 7) is 1.32. The maximum Gasteiger partial charge on any atom is 0.262 e. The van der Waals surface area contributed by atoms with E-state index in [1.807, 2.05) is 48.5 Å². The lowest BCUT2D eigenvalue weighted by atomic mass is 10.1. The van der Waals surface area contributed by atoms with Crippen LogP contribution in [0.1, 0.15) is 0 Å². The van der Waals surface area contributed by atoms with Gasteiger partial charge in [-0.05, 0) is 30.3 Å².